The van der Waals surface area contributed by atoms with E-state index in [1.54, 1.807) is 48.5 Å². The minimum atomic E-state index is -0.935. The number of methoxy groups -OCH3 is 1. The third-order valence-electron chi connectivity index (χ3n) is 4.41. The first kappa shape index (κ1) is 21.0. The second-order valence-corrected chi connectivity index (χ2v) is 6.53. The van der Waals surface area contributed by atoms with Crippen LogP contribution >= 0.6 is 0 Å². The van der Waals surface area contributed by atoms with Gasteiger partial charge in [-0.1, -0.05) is 18.2 Å². The quantitative estimate of drug-likeness (QED) is 0.588. The Bertz CT molecular complexity index is 1050. The van der Waals surface area contributed by atoms with E-state index in [-0.39, 0.29) is 24.7 Å². The maximum atomic E-state index is 13.2. The Hall–Kier alpha value is -3.74. The van der Waals surface area contributed by atoms with Gasteiger partial charge >= 0.3 is 0 Å². The lowest BCUT2D eigenvalue weighted by atomic mass is 10.1. The van der Waals surface area contributed by atoms with Gasteiger partial charge in [-0.05, 0) is 60.5 Å². The summed E-state index contributed by atoms with van der Waals surface area (Å²) in [6, 6.07) is 17.1. The maximum absolute atomic E-state index is 13.2. The molecule has 0 bridgehead atoms. The second kappa shape index (κ2) is 9.65. The number of aryl methyl sites for hydroxylation is 1. The van der Waals surface area contributed by atoms with Crippen LogP contribution in [0, 0.1) is 11.6 Å². The molecule has 0 unspecified atom stereocenters. The Balaban J connectivity index is 1.55. The van der Waals surface area contributed by atoms with E-state index in [1.165, 1.54) is 13.2 Å². The zero-order valence-electron chi connectivity index (χ0n) is 16.2. The Morgan fingerprint density at radius 1 is 0.900 bits per heavy atom. The van der Waals surface area contributed by atoms with Crippen molar-refractivity contribution in [2.75, 3.05) is 17.7 Å². The van der Waals surface area contributed by atoms with Crippen LogP contribution in [-0.4, -0.2) is 18.9 Å². The van der Waals surface area contributed by atoms with Gasteiger partial charge in [0.05, 0.1) is 12.8 Å². The van der Waals surface area contributed by atoms with E-state index >= 15 is 0 Å². The van der Waals surface area contributed by atoms with E-state index in [2.05, 4.69) is 10.6 Å². The molecule has 0 radical (unpaired) electrons. The van der Waals surface area contributed by atoms with Crippen molar-refractivity contribution >= 4 is 23.2 Å². The summed E-state index contributed by atoms with van der Waals surface area (Å²) in [5.41, 5.74) is 2.03. The molecule has 0 aromatic heterocycles. The summed E-state index contributed by atoms with van der Waals surface area (Å²) in [4.78, 5) is 24.5. The fraction of sp³-hybridized carbons (Fsp3) is 0.130. The van der Waals surface area contributed by atoms with Crippen molar-refractivity contribution in [2.24, 2.45) is 0 Å². The van der Waals surface area contributed by atoms with Crippen LogP contribution in [0.25, 0.3) is 0 Å². The van der Waals surface area contributed by atoms with E-state index in [9.17, 15) is 18.4 Å². The number of amides is 2. The average molecular weight is 410 g/mol. The highest BCUT2D eigenvalue weighted by molar-refractivity contribution is 6.05. The summed E-state index contributed by atoms with van der Waals surface area (Å²) >= 11 is 0. The van der Waals surface area contributed by atoms with Crippen LogP contribution in [0.4, 0.5) is 20.2 Å². The van der Waals surface area contributed by atoms with Gasteiger partial charge in [0.2, 0.25) is 5.91 Å². The van der Waals surface area contributed by atoms with Crippen molar-refractivity contribution in [3.05, 3.63) is 89.5 Å². The molecule has 5 nitrogen and oxygen atoms in total. The van der Waals surface area contributed by atoms with Gasteiger partial charge in [-0.3, -0.25) is 9.59 Å². The smallest absolute Gasteiger partial charge is 0.255 e. The molecule has 7 heteroatoms. The molecule has 154 valence electrons. The average Bonchev–Trinajstić information content (AvgIpc) is 2.75. The van der Waals surface area contributed by atoms with Gasteiger partial charge in [0, 0.05) is 17.7 Å². The first-order chi connectivity index (χ1) is 14.5. The number of para-hydroxylation sites is 2. The Kier molecular flexibility index (Phi) is 6.75. The number of nitrogens with one attached hydrogen (secondary N) is 2. The highest BCUT2D eigenvalue weighted by Gasteiger charge is 2.10. The maximum Gasteiger partial charge on any atom is 0.255 e. The van der Waals surface area contributed by atoms with Crippen molar-refractivity contribution in [3.8, 4) is 5.75 Å². The number of carbonyl (C=O) groups is 2. The Morgan fingerprint density at radius 3 is 2.33 bits per heavy atom. The zero-order valence-corrected chi connectivity index (χ0v) is 16.2. The number of benzene rings is 3. The topological polar surface area (TPSA) is 67.4 Å². The molecule has 30 heavy (non-hydrogen) atoms. The SMILES string of the molecule is COc1ccccc1NC(=O)c1ccc(NC(=O)CCc2ccc(F)c(F)c2)cc1. The van der Waals surface area contributed by atoms with Crippen LogP contribution in [0.3, 0.4) is 0 Å². The van der Waals surface area contributed by atoms with Gasteiger partial charge in [0.15, 0.2) is 11.6 Å². The van der Waals surface area contributed by atoms with Gasteiger partial charge < -0.3 is 15.4 Å². The van der Waals surface area contributed by atoms with Crippen LogP contribution in [0.15, 0.2) is 66.7 Å². The number of hydrogen-bond acceptors (Lipinski definition) is 3. The highest BCUT2D eigenvalue weighted by Crippen LogP contribution is 2.24. The summed E-state index contributed by atoms with van der Waals surface area (Å²) in [6.07, 6.45) is 0.392. The van der Waals surface area contributed by atoms with Crippen LogP contribution in [0.1, 0.15) is 22.3 Å². The molecule has 0 spiro atoms. The molecule has 3 rings (SSSR count). The lowest BCUT2D eigenvalue weighted by Gasteiger charge is -2.10. The fourth-order valence-corrected chi connectivity index (χ4v) is 2.82. The molecule has 0 saturated carbocycles. The van der Waals surface area contributed by atoms with Crippen LogP contribution in [-0.2, 0) is 11.2 Å². The first-order valence-electron chi connectivity index (χ1n) is 9.24. The summed E-state index contributed by atoms with van der Waals surface area (Å²) in [6.45, 7) is 0. The van der Waals surface area contributed by atoms with Crippen molar-refractivity contribution in [3.63, 3.8) is 0 Å². The minimum Gasteiger partial charge on any atom is -0.495 e. The third kappa shape index (κ3) is 5.41. The molecule has 2 N–H and O–H groups in total. The third-order valence-corrected chi connectivity index (χ3v) is 4.41. The fourth-order valence-electron chi connectivity index (χ4n) is 2.82. The predicted octanol–water partition coefficient (Wildman–Crippen LogP) is 4.80. The standard InChI is InChI=1S/C23H20F2N2O3/c1-30-21-5-3-2-4-20(21)27-23(29)16-8-10-17(11-9-16)26-22(28)13-7-15-6-12-18(24)19(25)14-15/h2-6,8-12,14H,7,13H2,1H3,(H,26,28)(H,27,29). The van der Waals surface area contributed by atoms with E-state index in [0.717, 1.165) is 12.1 Å². The highest BCUT2D eigenvalue weighted by atomic mass is 19.2. The molecule has 2 amide bonds. The molecular weight excluding hydrogens is 390 g/mol. The molecule has 0 atom stereocenters. The van der Waals surface area contributed by atoms with E-state index in [1.807, 2.05) is 0 Å². The minimum absolute atomic E-state index is 0.112. The molecule has 3 aromatic carbocycles. The Morgan fingerprint density at radius 2 is 1.63 bits per heavy atom. The Labute approximate surface area is 172 Å². The number of rotatable bonds is 7. The summed E-state index contributed by atoms with van der Waals surface area (Å²) in [5.74, 6) is -1.88. The molecule has 0 heterocycles. The molecule has 0 fully saturated rings. The summed E-state index contributed by atoms with van der Waals surface area (Å²) in [5, 5.41) is 5.49. The van der Waals surface area contributed by atoms with Crippen LogP contribution in [0.5, 0.6) is 5.75 Å². The molecule has 0 saturated heterocycles. The molecule has 0 aliphatic heterocycles. The number of ether oxygens (including phenoxy) is 1. The number of hydrogen-bond donors (Lipinski definition) is 2. The van der Waals surface area contributed by atoms with Gasteiger partial charge in [-0.15, -0.1) is 0 Å². The van der Waals surface area contributed by atoms with Gasteiger partial charge in [0.25, 0.3) is 5.91 Å². The largest absolute Gasteiger partial charge is 0.495 e. The van der Waals surface area contributed by atoms with E-state index < -0.39 is 11.6 Å². The number of halogens is 2. The van der Waals surface area contributed by atoms with Crippen molar-refractivity contribution in [1.82, 2.24) is 0 Å². The predicted molar refractivity (Wildman–Crippen MR) is 111 cm³/mol. The van der Waals surface area contributed by atoms with Crippen molar-refractivity contribution < 1.29 is 23.1 Å². The second-order valence-electron chi connectivity index (χ2n) is 6.53. The van der Waals surface area contributed by atoms with Gasteiger partial charge in [-0.25, -0.2) is 8.78 Å². The summed E-state index contributed by atoms with van der Waals surface area (Å²) in [7, 11) is 1.52. The zero-order chi connectivity index (χ0) is 21.5. The van der Waals surface area contributed by atoms with Gasteiger partial charge in [0.1, 0.15) is 5.75 Å². The van der Waals surface area contributed by atoms with E-state index in [0.29, 0.717) is 28.3 Å². The normalized spacial score (nSPS) is 10.4. The molecule has 0 aliphatic rings. The van der Waals surface area contributed by atoms with Crippen LogP contribution in [0.2, 0.25) is 0 Å². The lowest BCUT2D eigenvalue weighted by molar-refractivity contribution is -0.116. The van der Waals surface area contributed by atoms with Gasteiger partial charge in [-0.2, -0.15) is 0 Å². The van der Waals surface area contributed by atoms with Crippen molar-refractivity contribution in [1.29, 1.82) is 0 Å². The molecule has 3 aromatic rings. The lowest BCUT2D eigenvalue weighted by Crippen LogP contribution is -2.14. The van der Waals surface area contributed by atoms with Crippen molar-refractivity contribution in [2.45, 2.75) is 12.8 Å². The van der Waals surface area contributed by atoms with Crippen LogP contribution < -0.4 is 15.4 Å². The molecule has 0 aliphatic carbocycles. The first-order valence-corrected chi connectivity index (χ1v) is 9.24. The summed E-state index contributed by atoms with van der Waals surface area (Å²) < 4.78 is 31.4. The number of anilines is 2. The monoisotopic (exact) mass is 410 g/mol. The molecular formula is C23H20F2N2O3. The number of carbonyl (C=O) groups excluding carboxylic acids is 2. The van der Waals surface area contributed by atoms with E-state index in [4.69, 9.17) is 4.74 Å².